The lowest BCUT2D eigenvalue weighted by Crippen LogP contribution is -2.28. The van der Waals surface area contributed by atoms with Gasteiger partial charge in [0, 0.05) is 48.2 Å². The van der Waals surface area contributed by atoms with Crippen LogP contribution in [0.15, 0.2) is 182 Å². The van der Waals surface area contributed by atoms with E-state index in [4.69, 9.17) is 0 Å². The van der Waals surface area contributed by atoms with Crippen molar-refractivity contribution in [2.45, 2.75) is 31.6 Å². The Hall–Kier alpha value is -6.22. The highest BCUT2D eigenvalue weighted by Crippen LogP contribution is 2.58. The van der Waals surface area contributed by atoms with Crippen LogP contribution in [-0.4, -0.2) is 0 Å². The molecule has 2 aliphatic rings. The van der Waals surface area contributed by atoms with E-state index < -0.39 is 5.41 Å². The van der Waals surface area contributed by atoms with Crippen molar-refractivity contribution in [2.75, 3.05) is 4.90 Å². The van der Waals surface area contributed by atoms with Gasteiger partial charge < -0.3 is 4.90 Å². The third-order valence-electron chi connectivity index (χ3n) is 12.4. The topological polar surface area (TPSA) is 3.24 Å². The molecule has 0 unspecified atom stereocenters. The SMILES string of the molecule is Cc1cccc(N(c2ccc3c(c2)-c2c(ccc4c2sc2ccccc24)C3(C)C)c2ccc3c(c2)C(c2ccccc2)(c2ccccc2)c2ccccc2-3)c1. The summed E-state index contributed by atoms with van der Waals surface area (Å²) in [6.07, 6.45) is 0. The first-order valence-electron chi connectivity index (χ1n) is 19.3. The molecule has 0 radical (unpaired) electrons. The van der Waals surface area contributed by atoms with Crippen molar-refractivity contribution < 1.29 is 0 Å². The number of hydrogen-bond donors (Lipinski definition) is 0. The second-order valence-electron chi connectivity index (χ2n) is 15.7. The maximum absolute atomic E-state index is 2.48. The third kappa shape index (κ3) is 4.52. The lowest BCUT2D eigenvalue weighted by Gasteiger charge is -2.35. The fourth-order valence-corrected chi connectivity index (χ4v) is 11.2. The summed E-state index contributed by atoms with van der Waals surface area (Å²) in [6, 6.07) is 68.2. The molecular weight excluding hydrogens is 683 g/mol. The lowest BCUT2D eigenvalue weighted by atomic mass is 9.67. The van der Waals surface area contributed by atoms with E-state index in [1.54, 1.807) is 0 Å². The first-order chi connectivity index (χ1) is 26.9. The Balaban J connectivity index is 1.17. The van der Waals surface area contributed by atoms with Crippen LogP contribution in [0.3, 0.4) is 0 Å². The van der Waals surface area contributed by atoms with Crippen molar-refractivity contribution in [3.63, 3.8) is 0 Å². The average molecular weight is 722 g/mol. The molecule has 0 aliphatic heterocycles. The summed E-state index contributed by atoms with van der Waals surface area (Å²) in [4.78, 5) is 2.48. The molecule has 0 bridgehead atoms. The zero-order valence-electron chi connectivity index (χ0n) is 31.2. The van der Waals surface area contributed by atoms with Crippen LogP contribution in [0.4, 0.5) is 17.1 Å². The van der Waals surface area contributed by atoms with Crippen LogP contribution in [0.2, 0.25) is 0 Å². The monoisotopic (exact) mass is 721 g/mol. The minimum atomic E-state index is -0.476. The van der Waals surface area contributed by atoms with Gasteiger partial charge in [-0.05, 0) is 105 Å². The van der Waals surface area contributed by atoms with Crippen LogP contribution < -0.4 is 4.90 Å². The minimum Gasteiger partial charge on any atom is -0.310 e. The van der Waals surface area contributed by atoms with Crippen LogP contribution in [0.25, 0.3) is 42.4 Å². The molecule has 9 aromatic rings. The number of nitrogens with zero attached hydrogens (tertiary/aromatic N) is 1. The fourth-order valence-electron chi connectivity index (χ4n) is 9.93. The molecule has 0 saturated carbocycles. The average Bonchev–Trinajstić information content (AvgIpc) is 3.82. The Morgan fingerprint density at radius 2 is 1.07 bits per heavy atom. The molecular formula is C53H39NS. The predicted molar refractivity (Wildman–Crippen MR) is 234 cm³/mol. The molecule has 0 atom stereocenters. The van der Waals surface area contributed by atoms with E-state index in [9.17, 15) is 0 Å². The summed E-state index contributed by atoms with van der Waals surface area (Å²) >= 11 is 1.93. The summed E-state index contributed by atoms with van der Waals surface area (Å²) in [7, 11) is 0. The van der Waals surface area contributed by atoms with Crippen molar-refractivity contribution in [1.82, 2.24) is 0 Å². The van der Waals surface area contributed by atoms with Gasteiger partial charge in [-0.25, -0.2) is 0 Å². The van der Waals surface area contributed by atoms with Gasteiger partial charge >= 0.3 is 0 Å². The van der Waals surface area contributed by atoms with Gasteiger partial charge in [-0.15, -0.1) is 11.3 Å². The predicted octanol–water partition coefficient (Wildman–Crippen LogP) is 14.5. The molecule has 0 spiro atoms. The molecule has 1 aromatic heterocycles. The Kier molecular flexibility index (Phi) is 6.97. The molecule has 0 amide bonds. The van der Waals surface area contributed by atoms with Crippen LogP contribution in [0.5, 0.6) is 0 Å². The number of anilines is 3. The van der Waals surface area contributed by atoms with Crippen LogP contribution >= 0.6 is 11.3 Å². The quantitative estimate of drug-likeness (QED) is 0.171. The third-order valence-corrected chi connectivity index (χ3v) is 13.6. The van der Waals surface area contributed by atoms with Crippen LogP contribution in [0, 0.1) is 6.92 Å². The van der Waals surface area contributed by atoms with Gasteiger partial charge in [0.15, 0.2) is 0 Å². The van der Waals surface area contributed by atoms with Gasteiger partial charge in [-0.2, -0.15) is 0 Å². The molecule has 2 heteroatoms. The van der Waals surface area contributed by atoms with Gasteiger partial charge in [0.05, 0.1) is 5.41 Å². The Morgan fingerprint density at radius 3 is 1.85 bits per heavy atom. The molecule has 11 rings (SSSR count). The van der Waals surface area contributed by atoms with E-state index >= 15 is 0 Å². The molecule has 55 heavy (non-hydrogen) atoms. The van der Waals surface area contributed by atoms with Gasteiger partial charge in [0.1, 0.15) is 0 Å². The highest BCUT2D eigenvalue weighted by Gasteiger charge is 2.46. The van der Waals surface area contributed by atoms with Crippen molar-refractivity contribution >= 4 is 48.6 Å². The van der Waals surface area contributed by atoms with Crippen molar-refractivity contribution in [3.8, 4) is 22.3 Å². The van der Waals surface area contributed by atoms with E-state index in [1.165, 1.54) is 81.4 Å². The summed E-state index contributed by atoms with van der Waals surface area (Å²) in [6.45, 7) is 6.97. The van der Waals surface area contributed by atoms with E-state index in [-0.39, 0.29) is 5.41 Å². The molecule has 1 heterocycles. The number of fused-ring (bicyclic) bond motifs is 10. The normalized spacial score (nSPS) is 14.4. The highest BCUT2D eigenvalue weighted by molar-refractivity contribution is 7.26. The van der Waals surface area contributed by atoms with Gasteiger partial charge in [-0.3, -0.25) is 0 Å². The second-order valence-corrected chi connectivity index (χ2v) is 16.8. The van der Waals surface area contributed by atoms with Crippen molar-refractivity contribution in [1.29, 1.82) is 0 Å². The summed E-state index contributed by atoms with van der Waals surface area (Å²) in [5.41, 5.74) is 17.4. The maximum atomic E-state index is 2.48. The molecule has 0 saturated heterocycles. The summed E-state index contributed by atoms with van der Waals surface area (Å²) in [5.74, 6) is 0. The Bertz CT molecular complexity index is 2930. The number of thiophene rings is 1. The fraction of sp³-hybridized carbons (Fsp3) is 0.0943. The molecule has 1 nitrogen and oxygen atoms in total. The summed E-state index contributed by atoms with van der Waals surface area (Å²) < 4.78 is 2.73. The molecule has 0 N–H and O–H groups in total. The minimum absolute atomic E-state index is 0.105. The number of rotatable bonds is 5. The molecule has 2 aliphatic carbocycles. The summed E-state index contributed by atoms with van der Waals surface area (Å²) in [5, 5.41) is 2.69. The van der Waals surface area contributed by atoms with Crippen molar-refractivity contribution in [3.05, 3.63) is 221 Å². The van der Waals surface area contributed by atoms with Crippen LogP contribution in [0.1, 0.15) is 52.8 Å². The zero-order chi connectivity index (χ0) is 36.9. The maximum Gasteiger partial charge on any atom is 0.0714 e. The Morgan fingerprint density at radius 1 is 0.436 bits per heavy atom. The van der Waals surface area contributed by atoms with Gasteiger partial charge in [0.2, 0.25) is 0 Å². The largest absolute Gasteiger partial charge is 0.310 e. The first kappa shape index (κ1) is 32.2. The number of aryl methyl sites for hydroxylation is 1. The van der Waals surface area contributed by atoms with Gasteiger partial charge in [0.25, 0.3) is 0 Å². The molecule has 262 valence electrons. The smallest absolute Gasteiger partial charge is 0.0714 e. The lowest BCUT2D eigenvalue weighted by molar-refractivity contribution is 0.661. The Labute approximate surface area is 326 Å². The van der Waals surface area contributed by atoms with E-state index in [2.05, 4.69) is 208 Å². The first-order valence-corrected chi connectivity index (χ1v) is 20.1. The standard InChI is InChI=1S/C53H39NS/c1-34-15-14-20-37(31-34)54(38-26-29-45-44(32-38)50-47(52(45,2)3)30-28-43-42-22-11-13-24-49(42)55-51(43)50)39-25-27-41-40-21-10-12-23-46(40)53(48(41)33-39,35-16-6-4-7-17-35)36-18-8-5-9-19-36/h4-33H,1-3H3. The highest BCUT2D eigenvalue weighted by atomic mass is 32.1. The number of hydrogen-bond acceptors (Lipinski definition) is 2. The molecule has 0 fully saturated rings. The second kappa shape index (κ2) is 11.9. The van der Waals surface area contributed by atoms with Gasteiger partial charge in [-0.1, -0.05) is 153 Å². The zero-order valence-corrected chi connectivity index (χ0v) is 32.0. The van der Waals surface area contributed by atoms with Crippen molar-refractivity contribution in [2.24, 2.45) is 0 Å². The van der Waals surface area contributed by atoms with E-state index in [0.717, 1.165) is 17.1 Å². The van der Waals surface area contributed by atoms with E-state index in [0.29, 0.717) is 0 Å². The molecule has 8 aromatic carbocycles. The number of benzene rings is 8. The van der Waals surface area contributed by atoms with Crippen LogP contribution in [-0.2, 0) is 10.8 Å². The van der Waals surface area contributed by atoms with E-state index in [1.807, 2.05) is 11.3 Å².